The van der Waals surface area contributed by atoms with Gasteiger partial charge in [-0.25, -0.2) is 0 Å². The van der Waals surface area contributed by atoms with Crippen LogP contribution in [0.1, 0.15) is 73.3 Å². The predicted octanol–water partition coefficient (Wildman–Crippen LogP) is 5.61. The van der Waals surface area contributed by atoms with Gasteiger partial charge in [-0.15, -0.1) is 0 Å². The van der Waals surface area contributed by atoms with E-state index in [9.17, 15) is 10.2 Å². The summed E-state index contributed by atoms with van der Waals surface area (Å²) in [6.07, 6.45) is 4.08. The van der Waals surface area contributed by atoms with E-state index >= 15 is 0 Å². The number of phenols is 1. The molecule has 2 N–H and O–H groups in total. The number of hydrogen-bond acceptors (Lipinski definition) is 4. The summed E-state index contributed by atoms with van der Waals surface area (Å²) in [6, 6.07) is 12.1. The molecule has 1 aliphatic rings. The Morgan fingerprint density at radius 2 is 1.79 bits per heavy atom. The van der Waals surface area contributed by atoms with Gasteiger partial charge in [-0.2, -0.15) is 0 Å². The van der Waals surface area contributed by atoms with Crippen molar-refractivity contribution in [1.82, 2.24) is 0 Å². The molecular weight excluding hydrogens is 362 g/mol. The highest BCUT2D eigenvalue weighted by atomic mass is 16.6. The van der Waals surface area contributed by atoms with Gasteiger partial charge < -0.3 is 15.1 Å². The second-order valence-electron chi connectivity index (χ2n) is 8.90. The lowest BCUT2D eigenvalue weighted by Gasteiger charge is -2.36. The van der Waals surface area contributed by atoms with Gasteiger partial charge in [0.25, 0.3) is 0 Å². The quantitative estimate of drug-likeness (QED) is 0.494. The van der Waals surface area contributed by atoms with Crippen LogP contribution in [0, 0.1) is 19.3 Å². The number of phenolic OH excluding ortho intramolecular Hbond substituents is 1. The van der Waals surface area contributed by atoms with Crippen LogP contribution in [0.3, 0.4) is 0 Å². The van der Waals surface area contributed by atoms with Crippen molar-refractivity contribution >= 4 is 5.71 Å². The normalized spacial score (nSPS) is 22.5. The number of aliphatic hydroxyl groups is 1. The van der Waals surface area contributed by atoms with Gasteiger partial charge in [0.1, 0.15) is 12.4 Å². The number of aliphatic hydroxyl groups excluding tert-OH is 1. The summed E-state index contributed by atoms with van der Waals surface area (Å²) in [7, 11) is 0. The molecule has 0 heterocycles. The summed E-state index contributed by atoms with van der Waals surface area (Å²) in [4.78, 5) is 5.61. The third-order valence-electron chi connectivity index (χ3n) is 6.33. The minimum atomic E-state index is 0.0307. The van der Waals surface area contributed by atoms with Gasteiger partial charge in [-0.05, 0) is 80.5 Å². The first-order chi connectivity index (χ1) is 13.8. The Bertz CT molecular complexity index is 862. The van der Waals surface area contributed by atoms with Crippen LogP contribution in [0.4, 0.5) is 0 Å². The maximum absolute atomic E-state index is 10.3. The van der Waals surface area contributed by atoms with E-state index in [4.69, 9.17) is 4.84 Å². The first kappa shape index (κ1) is 21.4. The number of nitrogens with zero attached hydrogens (tertiary/aromatic N) is 1. The zero-order valence-corrected chi connectivity index (χ0v) is 18.0. The van der Waals surface area contributed by atoms with Gasteiger partial charge in [-0.3, -0.25) is 0 Å². The SMILES string of the molecule is CC(=NOCc1ccc(C)cc1)c1cc(O)c(C)cc1[C@H]1CC[C@](C)(CO)CC1. The van der Waals surface area contributed by atoms with Crippen molar-refractivity contribution in [2.45, 2.75) is 65.9 Å². The average molecular weight is 396 g/mol. The van der Waals surface area contributed by atoms with E-state index in [1.54, 1.807) is 0 Å². The Hall–Kier alpha value is -2.33. The van der Waals surface area contributed by atoms with Crippen molar-refractivity contribution in [3.05, 3.63) is 64.2 Å². The standard InChI is InChI=1S/C25H33NO3/c1-17-5-7-20(8-6-17)15-29-26-19(3)22-14-24(28)18(2)13-23(22)21-9-11-25(4,16-27)12-10-21/h5-8,13-14,21,27-28H,9-12,15-16H2,1-4H3/t21-,25-. The molecule has 0 atom stereocenters. The largest absolute Gasteiger partial charge is 0.508 e. The minimum absolute atomic E-state index is 0.0307. The van der Waals surface area contributed by atoms with E-state index in [1.165, 1.54) is 11.1 Å². The molecule has 4 heteroatoms. The maximum Gasteiger partial charge on any atom is 0.142 e. The second kappa shape index (κ2) is 9.00. The summed E-state index contributed by atoms with van der Waals surface area (Å²) >= 11 is 0. The Morgan fingerprint density at radius 3 is 2.41 bits per heavy atom. The lowest BCUT2D eigenvalue weighted by atomic mass is 9.69. The van der Waals surface area contributed by atoms with E-state index in [0.29, 0.717) is 12.5 Å². The Morgan fingerprint density at radius 1 is 1.14 bits per heavy atom. The topological polar surface area (TPSA) is 62.0 Å². The first-order valence-corrected chi connectivity index (χ1v) is 10.5. The second-order valence-corrected chi connectivity index (χ2v) is 8.90. The third kappa shape index (κ3) is 5.18. The van der Waals surface area contributed by atoms with Crippen molar-refractivity contribution in [1.29, 1.82) is 0 Å². The van der Waals surface area contributed by atoms with Crippen LogP contribution >= 0.6 is 0 Å². The molecule has 0 aromatic heterocycles. The number of aryl methyl sites for hydroxylation is 2. The zero-order valence-electron chi connectivity index (χ0n) is 18.0. The van der Waals surface area contributed by atoms with Crippen LogP contribution < -0.4 is 0 Å². The third-order valence-corrected chi connectivity index (χ3v) is 6.33. The van der Waals surface area contributed by atoms with Crippen molar-refractivity contribution in [3.8, 4) is 5.75 Å². The first-order valence-electron chi connectivity index (χ1n) is 10.5. The summed E-state index contributed by atoms with van der Waals surface area (Å²) in [5.41, 5.74) is 6.16. The molecule has 4 nitrogen and oxygen atoms in total. The lowest BCUT2D eigenvalue weighted by Crippen LogP contribution is -2.27. The van der Waals surface area contributed by atoms with Crippen molar-refractivity contribution < 1.29 is 15.1 Å². The molecule has 0 bridgehead atoms. The summed E-state index contributed by atoms with van der Waals surface area (Å²) in [6.45, 7) is 8.76. The molecule has 0 aliphatic heterocycles. The average Bonchev–Trinajstić information content (AvgIpc) is 2.72. The highest BCUT2D eigenvalue weighted by Crippen LogP contribution is 2.44. The molecule has 29 heavy (non-hydrogen) atoms. The molecule has 0 saturated heterocycles. The maximum atomic E-state index is 10.3. The molecule has 0 unspecified atom stereocenters. The van der Waals surface area contributed by atoms with Crippen LogP contribution in [0.5, 0.6) is 5.75 Å². The Labute approximate surface area is 174 Å². The zero-order chi connectivity index (χ0) is 21.0. The van der Waals surface area contributed by atoms with E-state index in [-0.39, 0.29) is 17.8 Å². The Balaban J connectivity index is 1.78. The smallest absolute Gasteiger partial charge is 0.142 e. The number of hydrogen-bond donors (Lipinski definition) is 2. The highest BCUT2D eigenvalue weighted by molar-refractivity contribution is 6.00. The summed E-state index contributed by atoms with van der Waals surface area (Å²) in [5, 5.41) is 24.3. The molecule has 1 fully saturated rings. The molecule has 156 valence electrons. The van der Waals surface area contributed by atoms with Gasteiger partial charge in [0.2, 0.25) is 0 Å². The number of rotatable bonds is 6. The van der Waals surface area contributed by atoms with Gasteiger partial charge in [-0.1, -0.05) is 48.0 Å². The predicted molar refractivity (Wildman–Crippen MR) is 117 cm³/mol. The monoisotopic (exact) mass is 395 g/mol. The highest BCUT2D eigenvalue weighted by Gasteiger charge is 2.32. The lowest BCUT2D eigenvalue weighted by molar-refractivity contribution is 0.0934. The van der Waals surface area contributed by atoms with Gasteiger partial charge >= 0.3 is 0 Å². The fraction of sp³-hybridized carbons (Fsp3) is 0.480. The van der Waals surface area contributed by atoms with Crippen molar-refractivity contribution in [2.24, 2.45) is 10.6 Å². The molecular formula is C25H33NO3. The molecule has 0 spiro atoms. The van der Waals surface area contributed by atoms with Gasteiger partial charge in [0.05, 0.1) is 5.71 Å². The van der Waals surface area contributed by atoms with Crippen LogP contribution in [0.15, 0.2) is 41.6 Å². The molecule has 1 saturated carbocycles. The van der Waals surface area contributed by atoms with Crippen molar-refractivity contribution in [2.75, 3.05) is 6.61 Å². The van der Waals surface area contributed by atoms with E-state index < -0.39 is 0 Å². The molecule has 2 aromatic carbocycles. The van der Waals surface area contributed by atoms with E-state index in [0.717, 1.165) is 48.1 Å². The molecule has 3 rings (SSSR count). The summed E-state index contributed by atoms with van der Waals surface area (Å²) < 4.78 is 0. The van der Waals surface area contributed by atoms with Crippen LogP contribution in [-0.2, 0) is 11.4 Å². The van der Waals surface area contributed by atoms with E-state index in [1.807, 2.05) is 32.0 Å². The minimum Gasteiger partial charge on any atom is -0.508 e. The number of benzene rings is 2. The van der Waals surface area contributed by atoms with Gasteiger partial charge in [0.15, 0.2) is 0 Å². The van der Waals surface area contributed by atoms with Crippen molar-refractivity contribution in [3.63, 3.8) is 0 Å². The number of oxime groups is 1. The van der Waals surface area contributed by atoms with Crippen LogP contribution in [-0.4, -0.2) is 22.5 Å². The van der Waals surface area contributed by atoms with Gasteiger partial charge in [0, 0.05) is 12.2 Å². The molecule has 1 aliphatic carbocycles. The molecule has 2 aromatic rings. The fourth-order valence-corrected chi connectivity index (χ4v) is 4.09. The summed E-state index contributed by atoms with van der Waals surface area (Å²) in [5.74, 6) is 0.694. The van der Waals surface area contributed by atoms with Crippen LogP contribution in [0.2, 0.25) is 0 Å². The van der Waals surface area contributed by atoms with Crippen LogP contribution in [0.25, 0.3) is 0 Å². The Kier molecular flexibility index (Phi) is 6.63. The van der Waals surface area contributed by atoms with E-state index in [2.05, 4.69) is 37.2 Å². The molecule has 0 amide bonds. The number of aromatic hydroxyl groups is 1. The molecule has 0 radical (unpaired) electrons. The fourth-order valence-electron chi connectivity index (χ4n) is 4.09.